The van der Waals surface area contributed by atoms with Crippen LogP contribution in [0.2, 0.25) is 0 Å². The summed E-state index contributed by atoms with van der Waals surface area (Å²) in [7, 11) is 0. The molecule has 5 heteroatoms. The molecule has 0 spiro atoms. The molecule has 1 aliphatic carbocycles. The number of hydrogen-bond donors (Lipinski definition) is 1. The smallest absolute Gasteiger partial charge is 0.248 e. The van der Waals surface area contributed by atoms with E-state index in [2.05, 4.69) is 15.5 Å². The maximum absolute atomic E-state index is 13.0. The molecule has 1 saturated carbocycles. The zero-order chi connectivity index (χ0) is 12.3. The van der Waals surface area contributed by atoms with Crippen molar-refractivity contribution in [3.63, 3.8) is 0 Å². The molecule has 0 aromatic carbocycles. The number of rotatable bonds is 3. The van der Waals surface area contributed by atoms with Crippen LogP contribution in [0.15, 0.2) is 18.3 Å². The standard InChI is InChI=1S/C12H17F2N3/c1-9(16-11-3-2-8-15-17-11)10-4-6-12(13,14)7-5-10/h2-3,8-10H,4-7H2,1H3,(H,16,17). The Labute approximate surface area is 99.6 Å². The maximum atomic E-state index is 13.0. The molecule has 1 aliphatic rings. The predicted molar refractivity (Wildman–Crippen MR) is 62.0 cm³/mol. The van der Waals surface area contributed by atoms with E-state index in [0.717, 1.165) is 0 Å². The Hall–Kier alpha value is -1.26. The summed E-state index contributed by atoms with van der Waals surface area (Å²) in [5.74, 6) is -1.46. The lowest BCUT2D eigenvalue weighted by molar-refractivity contribution is -0.0469. The summed E-state index contributed by atoms with van der Waals surface area (Å²) in [6.45, 7) is 2.02. The Bertz CT molecular complexity index is 346. The molecule has 0 saturated heterocycles. The van der Waals surface area contributed by atoms with Gasteiger partial charge in [-0.25, -0.2) is 8.78 Å². The van der Waals surface area contributed by atoms with Gasteiger partial charge >= 0.3 is 0 Å². The summed E-state index contributed by atoms with van der Waals surface area (Å²) < 4.78 is 26.1. The van der Waals surface area contributed by atoms with Gasteiger partial charge in [-0.05, 0) is 37.8 Å². The van der Waals surface area contributed by atoms with Gasteiger partial charge in [0, 0.05) is 25.1 Å². The number of alkyl halides is 2. The number of anilines is 1. The van der Waals surface area contributed by atoms with E-state index in [4.69, 9.17) is 0 Å². The van der Waals surface area contributed by atoms with Gasteiger partial charge in [0.1, 0.15) is 5.82 Å². The quantitative estimate of drug-likeness (QED) is 0.883. The molecule has 2 rings (SSSR count). The summed E-state index contributed by atoms with van der Waals surface area (Å²) >= 11 is 0. The van der Waals surface area contributed by atoms with Crippen LogP contribution in [0.3, 0.4) is 0 Å². The Morgan fingerprint density at radius 2 is 2.12 bits per heavy atom. The van der Waals surface area contributed by atoms with E-state index in [9.17, 15) is 8.78 Å². The predicted octanol–water partition coefficient (Wildman–Crippen LogP) is 3.10. The van der Waals surface area contributed by atoms with Gasteiger partial charge in [0.25, 0.3) is 0 Å². The van der Waals surface area contributed by atoms with Crippen molar-refractivity contribution in [3.05, 3.63) is 18.3 Å². The van der Waals surface area contributed by atoms with E-state index in [1.807, 2.05) is 13.0 Å². The fraction of sp³-hybridized carbons (Fsp3) is 0.667. The molecule has 0 radical (unpaired) electrons. The van der Waals surface area contributed by atoms with Crippen molar-refractivity contribution in [3.8, 4) is 0 Å². The normalized spacial score (nSPS) is 22.1. The van der Waals surface area contributed by atoms with Crippen molar-refractivity contribution >= 4 is 5.82 Å². The first-order valence-electron chi connectivity index (χ1n) is 5.99. The van der Waals surface area contributed by atoms with Gasteiger partial charge < -0.3 is 5.32 Å². The first-order chi connectivity index (χ1) is 8.07. The van der Waals surface area contributed by atoms with Gasteiger partial charge in [0.2, 0.25) is 5.92 Å². The molecule has 1 atom stereocenters. The van der Waals surface area contributed by atoms with Gasteiger partial charge in [0.05, 0.1) is 0 Å². The molecule has 1 N–H and O–H groups in total. The van der Waals surface area contributed by atoms with Gasteiger partial charge in [0.15, 0.2) is 0 Å². The maximum Gasteiger partial charge on any atom is 0.248 e. The van der Waals surface area contributed by atoms with Gasteiger partial charge in [-0.2, -0.15) is 5.10 Å². The highest BCUT2D eigenvalue weighted by Crippen LogP contribution is 2.37. The molecule has 1 heterocycles. The molecule has 0 aliphatic heterocycles. The van der Waals surface area contributed by atoms with Gasteiger partial charge in [-0.3, -0.25) is 0 Å². The van der Waals surface area contributed by atoms with E-state index in [1.165, 1.54) is 0 Å². The topological polar surface area (TPSA) is 37.8 Å². The summed E-state index contributed by atoms with van der Waals surface area (Å²) in [6, 6.07) is 3.79. The molecule has 94 valence electrons. The molecule has 1 aromatic rings. The van der Waals surface area contributed by atoms with Crippen LogP contribution in [0.25, 0.3) is 0 Å². The van der Waals surface area contributed by atoms with Crippen molar-refractivity contribution in [2.45, 2.75) is 44.6 Å². The van der Waals surface area contributed by atoms with Gasteiger partial charge in [-0.15, -0.1) is 5.10 Å². The third-order valence-electron chi connectivity index (χ3n) is 3.42. The average Bonchev–Trinajstić information content (AvgIpc) is 2.30. The van der Waals surface area contributed by atoms with Crippen molar-refractivity contribution < 1.29 is 8.78 Å². The van der Waals surface area contributed by atoms with Crippen LogP contribution in [0, 0.1) is 5.92 Å². The molecule has 1 aromatic heterocycles. The van der Waals surface area contributed by atoms with E-state index < -0.39 is 5.92 Å². The molecular formula is C12H17F2N3. The van der Waals surface area contributed by atoms with Crippen LogP contribution in [0.5, 0.6) is 0 Å². The summed E-state index contributed by atoms with van der Waals surface area (Å²) in [5.41, 5.74) is 0. The summed E-state index contributed by atoms with van der Waals surface area (Å²) in [5, 5.41) is 10.9. The largest absolute Gasteiger partial charge is 0.366 e. The molecular weight excluding hydrogens is 224 g/mol. The van der Waals surface area contributed by atoms with Crippen LogP contribution in [-0.4, -0.2) is 22.2 Å². The monoisotopic (exact) mass is 241 g/mol. The molecule has 17 heavy (non-hydrogen) atoms. The van der Waals surface area contributed by atoms with Crippen molar-refractivity contribution in [1.82, 2.24) is 10.2 Å². The SMILES string of the molecule is CC(Nc1cccnn1)C1CCC(F)(F)CC1. The number of halogens is 2. The Morgan fingerprint density at radius 3 is 2.71 bits per heavy atom. The third kappa shape index (κ3) is 3.35. The Morgan fingerprint density at radius 1 is 1.41 bits per heavy atom. The van der Waals surface area contributed by atoms with Crippen LogP contribution in [0.4, 0.5) is 14.6 Å². The molecule has 0 bridgehead atoms. The first kappa shape index (κ1) is 12.2. The Balaban J connectivity index is 1.87. The van der Waals surface area contributed by atoms with E-state index in [-0.39, 0.29) is 24.8 Å². The zero-order valence-electron chi connectivity index (χ0n) is 9.87. The second-order valence-electron chi connectivity index (χ2n) is 4.74. The van der Waals surface area contributed by atoms with Crippen LogP contribution < -0.4 is 5.32 Å². The molecule has 0 amide bonds. The minimum atomic E-state index is -2.46. The number of nitrogens with zero attached hydrogens (tertiary/aromatic N) is 2. The highest BCUT2D eigenvalue weighted by atomic mass is 19.3. The molecule has 1 unspecified atom stereocenters. The van der Waals surface area contributed by atoms with Crippen LogP contribution in [-0.2, 0) is 0 Å². The summed E-state index contributed by atoms with van der Waals surface area (Å²) in [6.07, 6.45) is 2.76. The van der Waals surface area contributed by atoms with E-state index in [0.29, 0.717) is 18.7 Å². The third-order valence-corrected chi connectivity index (χ3v) is 3.42. The van der Waals surface area contributed by atoms with Crippen LogP contribution >= 0.6 is 0 Å². The zero-order valence-corrected chi connectivity index (χ0v) is 9.87. The fourth-order valence-electron chi connectivity index (χ4n) is 2.29. The van der Waals surface area contributed by atoms with Gasteiger partial charge in [-0.1, -0.05) is 0 Å². The van der Waals surface area contributed by atoms with E-state index in [1.54, 1.807) is 12.3 Å². The molecule has 3 nitrogen and oxygen atoms in total. The van der Waals surface area contributed by atoms with Crippen LogP contribution in [0.1, 0.15) is 32.6 Å². The minimum Gasteiger partial charge on any atom is -0.366 e. The highest BCUT2D eigenvalue weighted by Gasteiger charge is 2.36. The lowest BCUT2D eigenvalue weighted by atomic mass is 9.82. The lowest BCUT2D eigenvalue weighted by Crippen LogP contribution is -2.33. The molecule has 1 fully saturated rings. The lowest BCUT2D eigenvalue weighted by Gasteiger charge is -2.32. The van der Waals surface area contributed by atoms with Crippen molar-refractivity contribution in [1.29, 1.82) is 0 Å². The Kier molecular flexibility index (Phi) is 3.54. The number of nitrogens with one attached hydrogen (secondary N) is 1. The van der Waals surface area contributed by atoms with Crippen molar-refractivity contribution in [2.75, 3.05) is 5.32 Å². The summed E-state index contributed by atoms with van der Waals surface area (Å²) in [4.78, 5) is 0. The van der Waals surface area contributed by atoms with Crippen molar-refractivity contribution in [2.24, 2.45) is 5.92 Å². The minimum absolute atomic E-state index is 0.00412. The second kappa shape index (κ2) is 4.94. The average molecular weight is 241 g/mol. The first-order valence-corrected chi connectivity index (χ1v) is 5.99. The second-order valence-corrected chi connectivity index (χ2v) is 4.74. The van der Waals surface area contributed by atoms with E-state index >= 15 is 0 Å². The fourth-order valence-corrected chi connectivity index (χ4v) is 2.29. The highest BCUT2D eigenvalue weighted by molar-refractivity contribution is 5.32. The number of aromatic nitrogens is 2. The number of hydrogen-bond acceptors (Lipinski definition) is 3.